The van der Waals surface area contributed by atoms with Gasteiger partial charge >= 0.3 is 0 Å². The van der Waals surface area contributed by atoms with Crippen LogP contribution in [0.1, 0.15) is 5.69 Å². The lowest BCUT2D eigenvalue weighted by molar-refractivity contribution is 0.609. The molecule has 0 amide bonds. The summed E-state index contributed by atoms with van der Waals surface area (Å²) in [6.07, 6.45) is 1.48. The largest absolute Gasteiger partial charge is 0.266 e. The van der Waals surface area contributed by atoms with E-state index < -0.39 is 9.05 Å². The maximum Gasteiger partial charge on any atom is 0.266 e. The summed E-state index contributed by atoms with van der Waals surface area (Å²) in [5, 5.41) is 11.3. The van der Waals surface area contributed by atoms with Crippen LogP contribution in [0, 0.1) is 6.92 Å². The highest BCUT2D eigenvalue weighted by molar-refractivity contribution is 8.13. The molecule has 2 rings (SSSR count). The molecule has 0 saturated carbocycles. The Morgan fingerprint density at radius 1 is 1.41 bits per heavy atom. The average Bonchev–Trinajstić information content (AvgIpc) is 2.54. The minimum Gasteiger partial charge on any atom is -0.207 e. The van der Waals surface area contributed by atoms with Gasteiger partial charge in [-0.25, -0.2) is 13.1 Å². The molecule has 2 heterocycles. The zero-order chi connectivity index (χ0) is 12.6. The van der Waals surface area contributed by atoms with Gasteiger partial charge in [-0.05, 0) is 19.1 Å². The van der Waals surface area contributed by atoms with Crippen LogP contribution in [0.25, 0.3) is 5.82 Å². The van der Waals surface area contributed by atoms with Gasteiger partial charge in [0.05, 0.1) is 5.69 Å². The van der Waals surface area contributed by atoms with Gasteiger partial charge in [0.25, 0.3) is 9.05 Å². The van der Waals surface area contributed by atoms with Crippen LogP contribution in [0.2, 0.25) is 5.15 Å². The van der Waals surface area contributed by atoms with Crippen LogP contribution in [-0.4, -0.2) is 28.4 Å². The van der Waals surface area contributed by atoms with Crippen molar-refractivity contribution in [3.05, 3.63) is 29.2 Å². The van der Waals surface area contributed by atoms with Crippen LogP contribution in [-0.2, 0) is 9.05 Å². The average molecular weight is 293 g/mol. The van der Waals surface area contributed by atoms with E-state index in [2.05, 4.69) is 15.3 Å². The van der Waals surface area contributed by atoms with Crippen molar-refractivity contribution in [2.75, 3.05) is 0 Å². The number of aryl methyl sites for hydroxylation is 1. The molecule has 0 radical (unpaired) electrons. The highest BCUT2D eigenvalue weighted by Crippen LogP contribution is 2.29. The standard InChI is InChI=1S/C8H6Cl2N4O2S/c1-5-7(17(10,15)16)8(9)14(13-5)6-3-2-4-11-12-6/h2-4H,1H3. The number of nitrogens with zero attached hydrogens (tertiary/aromatic N) is 4. The third-order valence-corrected chi connectivity index (χ3v) is 3.87. The van der Waals surface area contributed by atoms with Gasteiger partial charge in [0.1, 0.15) is 4.90 Å². The second kappa shape index (κ2) is 4.25. The number of aromatic nitrogens is 4. The van der Waals surface area contributed by atoms with E-state index in [0.29, 0.717) is 5.82 Å². The normalized spacial score (nSPS) is 11.7. The van der Waals surface area contributed by atoms with Crippen LogP contribution < -0.4 is 0 Å². The second-order valence-electron chi connectivity index (χ2n) is 3.14. The van der Waals surface area contributed by atoms with E-state index in [4.69, 9.17) is 22.3 Å². The molecule has 0 bridgehead atoms. The summed E-state index contributed by atoms with van der Waals surface area (Å²) in [4.78, 5) is -0.216. The molecule has 0 N–H and O–H groups in total. The molecular weight excluding hydrogens is 287 g/mol. The number of halogens is 2. The first-order chi connectivity index (χ1) is 7.91. The Bertz CT molecular complexity index is 654. The van der Waals surface area contributed by atoms with Crippen LogP contribution >= 0.6 is 22.3 Å². The molecule has 0 aliphatic carbocycles. The first kappa shape index (κ1) is 12.3. The summed E-state index contributed by atoms with van der Waals surface area (Å²) in [6.45, 7) is 1.49. The predicted octanol–water partition coefficient (Wildman–Crippen LogP) is 1.55. The zero-order valence-corrected chi connectivity index (χ0v) is 10.8. The molecule has 0 unspecified atom stereocenters. The van der Waals surface area contributed by atoms with Crippen LogP contribution in [0.3, 0.4) is 0 Å². The maximum atomic E-state index is 11.3. The molecule has 9 heteroatoms. The van der Waals surface area contributed by atoms with Gasteiger partial charge in [0, 0.05) is 16.9 Å². The molecule has 17 heavy (non-hydrogen) atoms. The van der Waals surface area contributed by atoms with Crippen LogP contribution in [0.5, 0.6) is 0 Å². The summed E-state index contributed by atoms with van der Waals surface area (Å²) in [5.74, 6) is 0.312. The minimum atomic E-state index is -3.94. The van der Waals surface area contributed by atoms with E-state index in [-0.39, 0.29) is 15.7 Å². The Hall–Kier alpha value is -1.18. The van der Waals surface area contributed by atoms with Gasteiger partial charge in [0.2, 0.25) is 0 Å². The molecule has 0 aromatic carbocycles. The molecule has 2 aromatic rings. The maximum absolute atomic E-state index is 11.3. The fourth-order valence-electron chi connectivity index (χ4n) is 1.32. The van der Waals surface area contributed by atoms with Crippen molar-refractivity contribution < 1.29 is 8.42 Å². The fraction of sp³-hybridized carbons (Fsp3) is 0.125. The minimum absolute atomic E-state index is 0.113. The highest BCUT2D eigenvalue weighted by atomic mass is 35.7. The Balaban J connectivity index is 2.69. The van der Waals surface area contributed by atoms with E-state index >= 15 is 0 Å². The van der Waals surface area contributed by atoms with Crippen molar-refractivity contribution in [2.24, 2.45) is 0 Å². The molecule has 0 aliphatic heterocycles. The summed E-state index contributed by atoms with van der Waals surface area (Å²) >= 11 is 5.92. The Labute approximate surface area is 107 Å². The molecule has 0 fully saturated rings. The van der Waals surface area contributed by atoms with Gasteiger partial charge in [-0.2, -0.15) is 10.2 Å². The monoisotopic (exact) mass is 292 g/mol. The summed E-state index contributed by atoms with van der Waals surface area (Å²) < 4.78 is 23.8. The van der Waals surface area contributed by atoms with Crippen molar-refractivity contribution in [1.82, 2.24) is 20.0 Å². The van der Waals surface area contributed by atoms with Crippen molar-refractivity contribution in [3.63, 3.8) is 0 Å². The molecular formula is C8H6Cl2N4O2S. The molecule has 2 aromatic heterocycles. The first-order valence-corrected chi connectivity index (χ1v) is 7.08. The van der Waals surface area contributed by atoms with Gasteiger partial charge < -0.3 is 0 Å². The Morgan fingerprint density at radius 2 is 2.12 bits per heavy atom. The molecule has 0 spiro atoms. The smallest absolute Gasteiger partial charge is 0.207 e. The fourth-order valence-corrected chi connectivity index (χ4v) is 3.24. The lowest BCUT2D eigenvalue weighted by Gasteiger charge is -1.99. The van der Waals surface area contributed by atoms with E-state index in [0.717, 1.165) is 0 Å². The van der Waals surface area contributed by atoms with Gasteiger partial charge in [-0.15, -0.1) is 5.10 Å². The summed E-state index contributed by atoms with van der Waals surface area (Å²) in [7, 11) is 1.33. The molecule has 90 valence electrons. The van der Waals surface area contributed by atoms with Crippen molar-refractivity contribution in [3.8, 4) is 5.82 Å². The van der Waals surface area contributed by atoms with Gasteiger partial charge in [0.15, 0.2) is 11.0 Å². The second-order valence-corrected chi connectivity index (χ2v) is 6.00. The number of hydrogen-bond acceptors (Lipinski definition) is 5. The molecule has 0 atom stereocenters. The number of hydrogen-bond donors (Lipinski definition) is 0. The SMILES string of the molecule is Cc1nn(-c2cccnn2)c(Cl)c1S(=O)(=O)Cl. The summed E-state index contributed by atoms with van der Waals surface area (Å²) in [6, 6.07) is 3.22. The van der Waals surface area contributed by atoms with Crippen molar-refractivity contribution >= 4 is 31.3 Å². The third-order valence-electron chi connectivity index (χ3n) is 1.97. The predicted molar refractivity (Wildman–Crippen MR) is 61.9 cm³/mol. The lowest BCUT2D eigenvalue weighted by Crippen LogP contribution is -2.00. The van der Waals surface area contributed by atoms with Crippen molar-refractivity contribution in [2.45, 2.75) is 11.8 Å². The topological polar surface area (TPSA) is 77.7 Å². The Morgan fingerprint density at radius 3 is 2.59 bits per heavy atom. The van der Waals surface area contributed by atoms with Gasteiger partial charge in [-0.1, -0.05) is 11.6 Å². The van der Waals surface area contributed by atoms with Crippen molar-refractivity contribution in [1.29, 1.82) is 0 Å². The van der Waals surface area contributed by atoms with Crippen LogP contribution in [0.15, 0.2) is 23.2 Å². The van der Waals surface area contributed by atoms with E-state index in [9.17, 15) is 8.42 Å². The zero-order valence-electron chi connectivity index (χ0n) is 8.50. The molecule has 0 aliphatic rings. The Kier molecular flexibility index (Phi) is 3.07. The quantitative estimate of drug-likeness (QED) is 0.785. The van der Waals surface area contributed by atoms with E-state index in [1.54, 1.807) is 12.1 Å². The first-order valence-electron chi connectivity index (χ1n) is 4.39. The highest BCUT2D eigenvalue weighted by Gasteiger charge is 2.25. The van der Waals surface area contributed by atoms with Crippen LogP contribution in [0.4, 0.5) is 0 Å². The van der Waals surface area contributed by atoms with E-state index in [1.165, 1.54) is 17.8 Å². The lowest BCUT2D eigenvalue weighted by atomic mass is 10.5. The van der Waals surface area contributed by atoms with E-state index in [1.807, 2.05) is 0 Å². The molecule has 6 nitrogen and oxygen atoms in total. The summed E-state index contributed by atoms with van der Waals surface area (Å²) in [5.41, 5.74) is 0.204. The van der Waals surface area contributed by atoms with Gasteiger partial charge in [-0.3, -0.25) is 0 Å². The molecule has 0 saturated heterocycles. The third kappa shape index (κ3) is 2.26. The number of rotatable bonds is 2.